The second-order valence-electron chi connectivity index (χ2n) is 5.59. The summed E-state index contributed by atoms with van der Waals surface area (Å²) in [6.45, 7) is 5.53. The monoisotopic (exact) mass is 316 g/mol. The van der Waals surface area contributed by atoms with Gasteiger partial charge in [-0.25, -0.2) is 0 Å². The second-order valence-corrected chi connectivity index (χ2v) is 5.59. The third kappa shape index (κ3) is 5.10. The van der Waals surface area contributed by atoms with Gasteiger partial charge in [0, 0.05) is 19.7 Å². The summed E-state index contributed by atoms with van der Waals surface area (Å²) >= 11 is 0. The Balaban J connectivity index is 1.85. The number of hydrogen-bond donors (Lipinski definition) is 1. The molecule has 1 aromatic heterocycles. The number of rotatable bonds is 7. The molecule has 2 rings (SSSR count). The number of carbonyl (C=O) groups excluding carboxylic acids is 1. The summed E-state index contributed by atoms with van der Waals surface area (Å²) in [6, 6.07) is 9.79. The van der Waals surface area contributed by atoms with E-state index >= 15 is 0 Å². The maximum absolute atomic E-state index is 12.1. The van der Waals surface area contributed by atoms with Crippen molar-refractivity contribution in [3.8, 4) is 5.75 Å². The van der Waals surface area contributed by atoms with Gasteiger partial charge in [0.15, 0.2) is 0 Å². The third-order valence-corrected chi connectivity index (χ3v) is 3.37. The fourth-order valence-corrected chi connectivity index (χ4v) is 2.38. The number of nitrogens with zero attached hydrogens (tertiary/aromatic N) is 3. The number of carbonyl (C=O) groups is 1. The zero-order valence-electron chi connectivity index (χ0n) is 14.2. The summed E-state index contributed by atoms with van der Waals surface area (Å²) in [4.78, 5) is 14.1. The Morgan fingerprint density at radius 2 is 2.04 bits per heavy atom. The van der Waals surface area contributed by atoms with E-state index in [0.717, 1.165) is 17.0 Å². The smallest absolute Gasteiger partial charge is 0.239 e. The van der Waals surface area contributed by atoms with Gasteiger partial charge in [0.2, 0.25) is 5.91 Å². The summed E-state index contributed by atoms with van der Waals surface area (Å²) < 4.78 is 7.09. The van der Waals surface area contributed by atoms with Crippen molar-refractivity contribution >= 4 is 11.7 Å². The van der Waals surface area contributed by atoms with Crippen LogP contribution in [0, 0.1) is 6.92 Å². The van der Waals surface area contributed by atoms with E-state index in [4.69, 9.17) is 4.74 Å². The molecule has 2 aromatic rings. The summed E-state index contributed by atoms with van der Waals surface area (Å²) in [6.07, 6.45) is 0. The average molecular weight is 316 g/mol. The molecule has 0 bridgehead atoms. The molecule has 0 aliphatic carbocycles. The van der Waals surface area contributed by atoms with Gasteiger partial charge in [-0.1, -0.05) is 12.1 Å². The minimum absolute atomic E-state index is 0.0542. The molecule has 0 fully saturated rings. The first kappa shape index (κ1) is 17.0. The largest absolute Gasteiger partial charge is 0.494 e. The fourth-order valence-electron chi connectivity index (χ4n) is 2.38. The Bertz CT molecular complexity index is 649. The predicted molar refractivity (Wildman–Crippen MR) is 90.5 cm³/mol. The number of anilines is 1. The topological polar surface area (TPSA) is 59.4 Å². The number of likely N-dealkylation sites (N-methyl/N-ethyl adjacent to an activating group) is 1. The van der Waals surface area contributed by atoms with Crippen LogP contribution in [-0.2, 0) is 18.4 Å². The average Bonchev–Trinajstić information content (AvgIpc) is 2.79. The Morgan fingerprint density at radius 3 is 2.61 bits per heavy atom. The molecule has 23 heavy (non-hydrogen) atoms. The minimum Gasteiger partial charge on any atom is -0.494 e. The van der Waals surface area contributed by atoms with Crippen LogP contribution in [0.3, 0.4) is 0 Å². The van der Waals surface area contributed by atoms with Crippen LogP contribution in [0.5, 0.6) is 5.75 Å². The predicted octanol–water partition coefficient (Wildman–Crippen LogP) is 2.20. The van der Waals surface area contributed by atoms with Crippen LogP contribution in [0.4, 0.5) is 5.82 Å². The molecule has 124 valence electrons. The van der Waals surface area contributed by atoms with E-state index in [1.165, 1.54) is 0 Å². The van der Waals surface area contributed by atoms with Gasteiger partial charge in [0.05, 0.1) is 18.8 Å². The van der Waals surface area contributed by atoms with Crippen LogP contribution in [-0.4, -0.2) is 40.8 Å². The fraction of sp³-hybridized carbons (Fsp3) is 0.412. The molecule has 6 heteroatoms. The third-order valence-electron chi connectivity index (χ3n) is 3.37. The van der Waals surface area contributed by atoms with Crippen LogP contribution in [0.1, 0.15) is 18.2 Å². The number of nitrogens with one attached hydrogen (secondary N) is 1. The molecule has 0 aliphatic heterocycles. The van der Waals surface area contributed by atoms with E-state index in [1.807, 2.05) is 63.2 Å². The first-order valence-electron chi connectivity index (χ1n) is 7.68. The highest BCUT2D eigenvalue weighted by molar-refractivity contribution is 5.91. The molecule has 1 amide bonds. The van der Waals surface area contributed by atoms with Crippen molar-refractivity contribution in [1.29, 1.82) is 0 Å². The molecular formula is C17H24N4O2. The van der Waals surface area contributed by atoms with Gasteiger partial charge < -0.3 is 10.1 Å². The van der Waals surface area contributed by atoms with Crippen LogP contribution in [0.25, 0.3) is 0 Å². The van der Waals surface area contributed by atoms with Crippen molar-refractivity contribution in [2.24, 2.45) is 7.05 Å². The lowest BCUT2D eigenvalue weighted by atomic mass is 10.2. The molecular weight excluding hydrogens is 292 g/mol. The van der Waals surface area contributed by atoms with Crippen LogP contribution >= 0.6 is 0 Å². The Kier molecular flexibility index (Phi) is 5.76. The maximum Gasteiger partial charge on any atom is 0.239 e. The number of benzene rings is 1. The number of ether oxygens (including phenoxy) is 1. The van der Waals surface area contributed by atoms with Crippen molar-refractivity contribution in [2.45, 2.75) is 20.4 Å². The van der Waals surface area contributed by atoms with Crippen LogP contribution in [0.2, 0.25) is 0 Å². The van der Waals surface area contributed by atoms with Crippen molar-refractivity contribution < 1.29 is 9.53 Å². The summed E-state index contributed by atoms with van der Waals surface area (Å²) in [5.41, 5.74) is 2.02. The SMILES string of the molecule is CCOc1ccc(CN(C)CC(=O)Nc2cc(C)nn2C)cc1. The molecule has 0 saturated heterocycles. The lowest BCUT2D eigenvalue weighted by Crippen LogP contribution is -2.30. The molecule has 0 atom stereocenters. The minimum atomic E-state index is -0.0542. The zero-order valence-corrected chi connectivity index (χ0v) is 14.2. The van der Waals surface area contributed by atoms with Crippen molar-refractivity contribution in [3.63, 3.8) is 0 Å². The number of aryl methyl sites for hydroxylation is 2. The summed E-state index contributed by atoms with van der Waals surface area (Å²) in [7, 11) is 3.73. The molecule has 0 saturated carbocycles. The highest BCUT2D eigenvalue weighted by Gasteiger charge is 2.10. The molecule has 0 radical (unpaired) electrons. The van der Waals surface area contributed by atoms with Crippen LogP contribution in [0.15, 0.2) is 30.3 Å². The molecule has 6 nitrogen and oxygen atoms in total. The van der Waals surface area contributed by atoms with Gasteiger partial charge in [0.1, 0.15) is 11.6 Å². The van der Waals surface area contributed by atoms with E-state index in [1.54, 1.807) is 4.68 Å². The Labute approximate surface area is 137 Å². The van der Waals surface area contributed by atoms with E-state index < -0.39 is 0 Å². The standard InChI is InChI=1S/C17H24N4O2/c1-5-23-15-8-6-14(7-9-15)11-20(3)12-17(22)18-16-10-13(2)19-21(16)4/h6-10H,5,11-12H2,1-4H3,(H,18,22). The van der Waals surface area contributed by atoms with Crippen LogP contribution < -0.4 is 10.1 Å². The number of aromatic nitrogens is 2. The molecule has 1 N–H and O–H groups in total. The Hall–Kier alpha value is -2.34. The quantitative estimate of drug-likeness (QED) is 0.851. The lowest BCUT2D eigenvalue weighted by molar-refractivity contribution is -0.117. The van der Waals surface area contributed by atoms with Gasteiger partial charge in [0.25, 0.3) is 0 Å². The molecule has 0 spiro atoms. The van der Waals surface area contributed by atoms with Gasteiger partial charge in [-0.2, -0.15) is 5.10 Å². The second kappa shape index (κ2) is 7.78. The molecule has 1 heterocycles. The lowest BCUT2D eigenvalue weighted by Gasteiger charge is -2.16. The van der Waals surface area contributed by atoms with E-state index in [9.17, 15) is 4.79 Å². The first-order chi connectivity index (χ1) is 11.0. The molecule has 0 unspecified atom stereocenters. The summed E-state index contributed by atoms with van der Waals surface area (Å²) in [5, 5.41) is 7.08. The Morgan fingerprint density at radius 1 is 1.35 bits per heavy atom. The van der Waals surface area contributed by atoms with Gasteiger partial charge in [-0.15, -0.1) is 0 Å². The highest BCUT2D eigenvalue weighted by atomic mass is 16.5. The van der Waals surface area contributed by atoms with Gasteiger partial charge in [-0.05, 0) is 38.6 Å². The molecule has 1 aromatic carbocycles. The van der Waals surface area contributed by atoms with E-state index in [2.05, 4.69) is 10.4 Å². The zero-order chi connectivity index (χ0) is 16.8. The van der Waals surface area contributed by atoms with E-state index in [0.29, 0.717) is 25.5 Å². The first-order valence-corrected chi connectivity index (χ1v) is 7.68. The normalized spacial score (nSPS) is 10.8. The summed E-state index contributed by atoms with van der Waals surface area (Å²) in [5.74, 6) is 1.52. The maximum atomic E-state index is 12.1. The molecule has 0 aliphatic rings. The number of amides is 1. The van der Waals surface area contributed by atoms with Crippen molar-refractivity contribution in [3.05, 3.63) is 41.6 Å². The number of hydrogen-bond acceptors (Lipinski definition) is 4. The van der Waals surface area contributed by atoms with Gasteiger partial charge in [-0.3, -0.25) is 14.4 Å². The highest BCUT2D eigenvalue weighted by Crippen LogP contribution is 2.13. The van der Waals surface area contributed by atoms with E-state index in [-0.39, 0.29) is 5.91 Å². The van der Waals surface area contributed by atoms with Crippen molar-refractivity contribution in [2.75, 3.05) is 25.5 Å². The van der Waals surface area contributed by atoms with Gasteiger partial charge >= 0.3 is 0 Å². The van der Waals surface area contributed by atoms with Crippen molar-refractivity contribution in [1.82, 2.24) is 14.7 Å².